The lowest BCUT2D eigenvalue weighted by Crippen LogP contribution is -2.83. The molecule has 4 nitrogen and oxygen atoms in total. The van der Waals surface area contributed by atoms with Crippen molar-refractivity contribution in [2.45, 2.75) is 52.2 Å². The highest BCUT2D eigenvalue weighted by molar-refractivity contribution is 7.54. The molecule has 0 heterocycles. The van der Waals surface area contributed by atoms with Crippen molar-refractivity contribution in [2.24, 2.45) is 0 Å². The molecule has 0 aliphatic heterocycles. The quantitative estimate of drug-likeness (QED) is 0.645. The Kier molecular flexibility index (Phi) is 7.54. The zero-order valence-corrected chi connectivity index (χ0v) is 16.7. The predicted octanol–water partition coefficient (Wildman–Crippen LogP) is 4.63. The van der Waals surface area contributed by atoms with Gasteiger partial charge in [-0.25, -0.2) is 4.39 Å². The maximum absolute atomic E-state index is 14.5. The molecule has 0 radical (unpaired) electrons. The summed E-state index contributed by atoms with van der Waals surface area (Å²) in [5.74, 6) is -1.20. The number of rotatable bonds is 9. The molecule has 0 saturated carbocycles. The molecule has 2 aromatic rings. The smallest absolute Gasteiger partial charge is 0.326 e. The van der Waals surface area contributed by atoms with E-state index in [1.165, 1.54) is 6.07 Å². The highest BCUT2D eigenvalue weighted by Crippen LogP contribution is 2.59. The van der Waals surface area contributed by atoms with Crippen LogP contribution in [0.3, 0.4) is 0 Å². The zero-order valence-electron chi connectivity index (χ0n) is 15.8. The van der Waals surface area contributed by atoms with Gasteiger partial charge in [0.05, 0.1) is 17.8 Å². The van der Waals surface area contributed by atoms with Gasteiger partial charge < -0.3 is 14.4 Å². The number of halogens is 1. The van der Waals surface area contributed by atoms with E-state index in [9.17, 15) is 8.96 Å². The van der Waals surface area contributed by atoms with Crippen LogP contribution >= 0.6 is 7.60 Å². The summed E-state index contributed by atoms with van der Waals surface area (Å²) in [6, 6.07) is 16.1. The molecule has 0 fully saturated rings. The van der Waals surface area contributed by atoms with Crippen LogP contribution in [0.2, 0.25) is 0 Å². The molecule has 2 rings (SSSR count). The van der Waals surface area contributed by atoms with E-state index in [1.807, 2.05) is 35.6 Å². The van der Waals surface area contributed by atoms with Crippen LogP contribution < -0.4 is 5.32 Å². The van der Waals surface area contributed by atoms with E-state index >= 15 is 0 Å². The van der Waals surface area contributed by atoms with Gasteiger partial charge in [0.25, 0.3) is 0 Å². The second-order valence-corrected chi connectivity index (χ2v) is 8.80. The topological polar surface area (TPSA) is 52.1 Å². The summed E-state index contributed by atoms with van der Waals surface area (Å²) in [5, 5.41) is 1.83. The van der Waals surface area contributed by atoms with E-state index in [2.05, 4.69) is 0 Å². The third-order valence-corrected chi connectivity index (χ3v) is 6.30. The van der Waals surface area contributed by atoms with Crippen LogP contribution in [0.4, 0.5) is 4.39 Å². The molecule has 0 unspecified atom stereocenters. The van der Waals surface area contributed by atoms with Crippen LogP contribution in [0.15, 0.2) is 54.6 Å². The van der Waals surface area contributed by atoms with Gasteiger partial charge in [0, 0.05) is 5.56 Å². The minimum Gasteiger partial charge on any atom is -0.326 e. The average Bonchev–Trinajstić information content (AvgIpc) is 2.56. The minimum atomic E-state index is -3.62. The summed E-state index contributed by atoms with van der Waals surface area (Å²) >= 11 is 0. The molecule has 0 bridgehead atoms. The number of quaternary nitrogens is 1. The molecule has 0 aromatic heterocycles. The maximum atomic E-state index is 14.5. The number of nitrogens with two attached hydrogens (primary N) is 1. The Morgan fingerprint density at radius 2 is 1.46 bits per heavy atom. The number of hydrogen-bond acceptors (Lipinski definition) is 3. The van der Waals surface area contributed by atoms with Crippen LogP contribution in [0.25, 0.3) is 0 Å². The molecule has 0 amide bonds. The molecular formula is C20H28FNO3P+. The molecule has 0 spiro atoms. The molecule has 6 heteroatoms. The molecular weight excluding hydrogens is 352 g/mol. The van der Waals surface area contributed by atoms with E-state index < -0.39 is 19.2 Å². The third kappa shape index (κ3) is 5.75. The molecule has 2 aromatic carbocycles. The summed E-state index contributed by atoms with van der Waals surface area (Å²) in [6.45, 7) is 7.72. The SMILES string of the molecule is CC(C)OP(=O)(OC(C)C)[C@@H]([NH2+]Cc1ccccc1)c1ccccc1F. The summed E-state index contributed by atoms with van der Waals surface area (Å²) < 4.78 is 39.7. The van der Waals surface area contributed by atoms with E-state index in [1.54, 1.807) is 45.9 Å². The van der Waals surface area contributed by atoms with Gasteiger partial charge in [0.2, 0.25) is 5.78 Å². The molecule has 0 aliphatic carbocycles. The van der Waals surface area contributed by atoms with Crippen molar-refractivity contribution < 1.29 is 23.3 Å². The first kappa shape index (κ1) is 20.8. The Morgan fingerprint density at radius 3 is 2.00 bits per heavy atom. The second kappa shape index (κ2) is 9.43. The van der Waals surface area contributed by atoms with Gasteiger partial charge in [0.15, 0.2) is 0 Å². The fourth-order valence-corrected chi connectivity index (χ4v) is 5.15. The standard InChI is InChI=1S/C20H27FNO3P/c1-15(2)24-26(23,25-16(3)4)20(18-12-8-9-13-19(18)21)22-14-17-10-6-5-7-11-17/h5-13,15-16,20,22H,14H2,1-4H3/p+1/t20-/m1/s1. The first-order valence-corrected chi connectivity index (χ1v) is 10.5. The van der Waals surface area contributed by atoms with Gasteiger partial charge in [-0.3, -0.25) is 4.57 Å². The summed E-state index contributed by atoms with van der Waals surface area (Å²) in [5.41, 5.74) is 1.38. The Labute approximate surface area is 155 Å². The maximum Gasteiger partial charge on any atom is 0.392 e. The van der Waals surface area contributed by atoms with Crippen LogP contribution in [0, 0.1) is 5.82 Å². The molecule has 2 N–H and O–H groups in total. The first-order chi connectivity index (χ1) is 12.3. The van der Waals surface area contributed by atoms with Gasteiger partial charge in [-0.15, -0.1) is 0 Å². The molecule has 26 heavy (non-hydrogen) atoms. The first-order valence-electron chi connectivity index (χ1n) is 8.90. The number of benzene rings is 2. The van der Waals surface area contributed by atoms with Crippen LogP contribution in [0.5, 0.6) is 0 Å². The predicted molar refractivity (Wildman–Crippen MR) is 101 cm³/mol. The lowest BCUT2D eigenvalue weighted by molar-refractivity contribution is -0.693. The normalized spacial score (nSPS) is 13.3. The molecule has 0 saturated heterocycles. The van der Waals surface area contributed by atoms with Gasteiger partial charge >= 0.3 is 7.60 Å². The van der Waals surface area contributed by atoms with Crippen LogP contribution in [-0.2, 0) is 20.2 Å². The van der Waals surface area contributed by atoms with Crippen molar-refractivity contribution in [3.63, 3.8) is 0 Å². The fourth-order valence-electron chi connectivity index (χ4n) is 2.75. The zero-order chi connectivity index (χ0) is 19.2. The average molecular weight is 380 g/mol. The van der Waals surface area contributed by atoms with Gasteiger partial charge in [-0.05, 0) is 39.8 Å². The lowest BCUT2D eigenvalue weighted by atomic mass is 10.2. The summed E-state index contributed by atoms with van der Waals surface area (Å²) in [6.07, 6.45) is -0.613. The van der Waals surface area contributed by atoms with Crippen LogP contribution in [0.1, 0.15) is 44.6 Å². The monoisotopic (exact) mass is 380 g/mol. The molecule has 142 valence electrons. The van der Waals surface area contributed by atoms with Crippen molar-refractivity contribution in [3.05, 3.63) is 71.5 Å². The fraction of sp³-hybridized carbons (Fsp3) is 0.400. The molecule has 0 aliphatic rings. The largest absolute Gasteiger partial charge is 0.392 e. The molecule has 1 atom stereocenters. The van der Waals surface area contributed by atoms with Crippen LogP contribution in [-0.4, -0.2) is 12.2 Å². The highest BCUT2D eigenvalue weighted by atomic mass is 31.2. The Morgan fingerprint density at radius 1 is 0.923 bits per heavy atom. The van der Waals surface area contributed by atoms with E-state index in [-0.39, 0.29) is 12.2 Å². The van der Waals surface area contributed by atoms with Gasteiger partial charge in [-0.1, -0.05) is 42.5 Å². The van der Waals surface area contributed by atoms with E-state index in [4.69, 9.17) is 9.05 Å². The Bertz CT molecular complexity index is 723. The van der Waals surface area contributed by atoms with Gasteiger partial charge in [0.1, 0.15) is 12.4 Å². The Hall–Kier alpha value is -1.52. The third-order valence-electron chi connectivity index (χ3n) is 3.70. The van der Waals surface area contributed by atoms with Crippen molar-refractivity contribution in [3.8, 4) is 0 Å². The summed E-state index contributed by atoms with van der Waals surface area (Å²) in [4.78, 5) is 0. The number of hydrogen-bond donors (Lipinski definition) is 1. The van der Waals surface area contributed by atoms with Crippen molar-refractivity contribution >= 4 is 7.60 Å². The minimum absolute atomic E-state index is 0.306. The van der Waals surface area contributed by atoms with E-state index in [0.717, 1.165) is 5.56 Å². The van der Waals surface area contributed by atoms with Crippen molar-refractivity contribution in [1.29, 1.82) is 0 Å². The van der Waals surface area contributed by atoms with Crippen molar-refractivity contribution in [1.82, 2.24) is 0 Å². The lowest BCUT2D eigenvalue weighted by Gasteiger charge is -2.28. The van der Waals surface area contributed by atoms with Crippen molar-refractivity contribution in [2.75, 3.05) is 0 Å². The second-order valence-electron chi connectivity index (χ2n) is 6.74. The summed E-state index contributed by atoms with van der Waals surface area (Å²) in [7, 11) is -3.62. The van der Waals surface area contributed by atoms with E-state index in [0.29, 0.717) is 12.1 Å². The Balaban J connectivity index is 2.40. The highest BCUT2D eigenvalue weighted by Gasteiger charge is 2.43. The van der Waals surface area contributed by atoms with Gasteiger partial charge in [-0.2, -0.15) is 0 Å².